The Morgan fingerprint density at radius 3 is 2.02 bits per heavy atom. The lowest BCUT2D eigenvalue weighted by atomic mass is 9.90. The highest BCUT2D eigenvalue weighted by Crippen LogP contribution is 2.54. The topological polar surface area (TPSA) is 42.2 Å². The average Bonchev–Trinajstić information content (AvgIpc) is 3.53. The number of anilines is 3. The molecule has 1 aliphatic rings. The number of aromatic nitrogens is 2. The Hall–Kier alpha value is -6.52. The van der Waals surface area contributed by atoms with Gasteiger partial charge in [-0.3, -0.25) is 4.90 Å². The van der Waals surface area contributed by atoms with Gasteiger partial charge in [0, 0.05) is 38.1 Å². The predicted octanol–water partition coefficient (Wildman–Crippen LogP) is 12.1. The highest BCUT2D eigenvalue weighted by atomic mass is 16.3. The van der Waals surface area contributed by atoms with Gasteiger partial charge in [0.15, 0.2) is 5.58 Å². The van der Waals surface area contributed by atoms with E-state index in [4.69, 9.17) is 14.4 Å². The molecule has 1 aliphatic heterocycles. The van der Waals surface area contributed by atoms with E-state index in [-0.39, 0.29) is 0 Å². The van der Waals surface area contributed by atoms with Crippen LogP contribution in [0.25, 0.3) is 87.5 Å². The van der Waals surface area contributed by atoms with E-state index in [1.54, 1.807) is 0 Å². The number of nitrogens with zero attached hydrogens (tertiary/aromatic N) is 3. The number of benzene rings is 8. The molecule has 0 N–H and O–H groups in total. The minimum absolute atomic E-state index is 0.609. The van der Waals surface area contributed by atoms with Gasteiger partial charge < -0.3 is 4.42 Å². The van der Waals surface area contributed by atoms with Crippen LogP contribution in [0.2, 0.25) is 0 Å². The molecule has 48 heavy (non-hydrogen) atoms. The Kier molecular flexibility index (Phi) is 5.08. The lowest BCUT2D eigenvalue weighted by molar-refractivity contribution is 0.669. The number of rotatable bonds is 2. The fourth-order valence-corrected chi connectivity index (χ4v) is 7.86. The maximum atomic E-state index is 6.77. The van der Waals surface area contributed by atoms with E-state index in [9.17, 15) is 0 Å². The second kappa shape index (κ2) is 9.50. The lowest BCUT2D eigenvalue weighted by Gasteiger charge is -2.32. The van der Waals surface area contributed by atoms with E-state index < -0.39 is 0 Å². The van der Waals surface area contributed by atoms with Crippen molar-refractivity contribution in [1.29, 1.82) is 0 Å². The van der Waals surface area contributed by atoms with Gasteiger partial charge in [0.2, 0.25) is 5.95 Å². The van der Waals surface area contributed by atoms with Crippen molar-refractivity contribution in [1.82, 2.24) is 9.97 Å². The second-order valence-corrected chi connectivity index (χ2v) is 12.5. The smallest absolute Gasteiger partial charge is 0.235 e. The summed E-state index contributed by atoms with van der Waals surface area (Å²) in [6.45, 7) is 0. The summed E-state index contributed by atoms with van der Waals surface area (Å²) in [5.74, 6) is 0.609. The molecule has 4 heteroatoms. The van der Waals surface area contributed by atoms with Crippen LogP contribution in [-0.2, 0) is 0 Å². The molecule has 4 nitrogen and oxygen atoms in total. The summed E-state index contributed by atoms with van der Waals surface area (Å²) < 4.78 is 6.77. The van der Waals surface area contributed by atoms with Crippen molar-refractivity contribution in [3.8, 4) is 22.4 Å². The van der Waals surface area contributed by atoms with Crippen LogP contribution in [0.5, 0.6) is 0 Å². The molecule has 0 saturated carbocycles. The minimum atomic E-state index is 0.609. The normalized spacial score (nSPS) is 12.5. The van der Waals surface area contributed by atoms with Gasteiger partial charge in [0.05, 0.1) is 16.9 Å². The van der Waals surface area contributed by atoms with Crippen LogP contribution < -0.4 is 4.90 Å². The summed E-state index contributed by atoms with van der Waals surface area (Å²) in [4.78, 5) is 13.3. The number of hydrogen-bond donors (Lipinski definition) is 0. The van der Waals surface area contributed by atoms with E-state index in [0.29, 0.717) is 5.95 Å². The molecule has 8 aromatic carbocycles. The van der Waals surface area contributed by atoms with Gasteiger partial charge in [-0.15, -0.1) is 0 Å². The van der Waals surface area contributed by atoms with Crippen LogP contribution in [0.15, 0.2) is 156 Å². The van der Waals surface area contributed by atoms with E-state index >= 15 is 0 Å². The molecular weight excluding hydrogens is 587 g/mol. The number of fused-ring (bicyclic) bond motifs is 10. The Labute approximate surface area is 275 Å². The Bertz CT molecular complexity index is 2970. The first-order valence-electron chi connectivity index (χ1n) is 16.3. The molecule has 3 heterocycles. The van der Waals surface area contributed by atoms with E-state index in [1.807, 2.05) is 12.1 Å². The van der Waals surface area contributed by atoms with Crippen LogP contribution >= 0.6 is 0 Å². The average molecular weight is 612 g/mol. The molecule has 10 aromatic rings. The third-order valence-electron chi connectivity index (χ3n) is 9.97. The monoisotopic (exact) mass is 611 g/mol. The SMILES string of the molecule is c1ccc2c(c1)-c1cccc3cc4c(oc5ccccc54)c(c13)N2c1nc(-c2cccc3ccccc23)c2ccc3ccccc3c2n1. The van der Waals surface area contributed by atoms with Crippen molar-refractivity contribution < 1.29 is 4.42 Å². The summed E-state index contributed by atoms with van der Waals surface area (Å²) in [6.07, 6.45) is 0. The van der Waals surface area contributed by atoms with Gasteiger partial charge >= 0.3 is 0 Å². The summed E-state index contributed by atoms with van der Waals surface area (Å²) in [5.41, 5.74) is 8.91. The highest BCUT2D eigenvalue weighted by molar-refractivity contribution is 6.25. The molecule has 0 radical (unpaired) electrons. The molecule has 2 aromatic heterocycles. The summed E-state index contributed by atoms with van der Waals surface area (Å²) in [5, 5.41) is 10.1. The van der Waals surface area contributed by atoms with Gasteiger partial charge in [-0.05, 0) is 51.4 Å². The summed E-state index contributed by atoms with van der Waals surface area (Å²) in [7, 11) is 0. The Balaban J connectivity index is 1.33. The molecule has 0 unspecified atom stereocenters. The zero-order valence-corrected chi connectivity index (χ0v) is 25.7. The predicted molar refractivity (Wildman–Crippen MR) is 198 cm³/mol. The molecule has 0 aliphatic carbocycles. The van der Waals surface area contributed by atoms with Gasteiger partial charge in [0.25, 0.3) is 0 Å². The van der Waals surface area contributed by atoms with Gasteiger partial charge in [-0.2, -0.15) is 0 Å². The van der Waals surface area contributed by atoms with Crippen molar-refractivity contribution in [3.05, 3.63) is 152 Å². The molecule has 0 spiro atoms. The number of para-hydroxylation sites is 2. The highest BCUT2D eigenvalue weighted by Gasteiger charge is 2.32. The molecule has 0 atom stereocenters. The van der Waals surface area contributed by atoms with Crippen molar-refractivity contribution >= 4 is 82.5 Å². The van der Waals surface area contributed by atoms with Crippen molar-refractivity contribution in [3.63, 3.8) is 0 Å². The van der Waals surface area contributed by atoms with Crippen molar-refractivity contribution in [2.45, 2.75) is 0 Å². The number of hydrogen-bond acceptors (Lipinski definition) is 4. The molecule has 0 saturated heterocycles. The maximum absolute atomic E-state index is 6.77. The van der Waals surface area contributed by atoms with Crippen molar-refractivity contribution in [2.24, 2.45) is 0 Å². The molecule has 0 amide bonds. The Morgan fingerprint density at radius 2 is 1.12 bits per heavy atom. The standard InChI is InChI=1S/C44H25N3O/c1-3-15-29-26(11-1)13-9-20-34(29)41-35-24-23-27-12-2-4-16-30(27)40(35)45-44(46-41)47-37-21-7-5-17-31(37)33-19-10-14-28-25-36-32-18-6-8-22-38(32)48-43(36)42(47)39(28)33/h1-25H. The lowest BCUT2D eigenvalue weighted by Crippen LogP contribution is -2.18. The summed E-state index contributed by atoms with van der Waals surface area (Å²) in [6, 6.07) is 53.6. The van der Waals surface area contributed by atoms with E-state index in [1.165, 1.54) is 10.9 Å². The van der Waals surface area contributed by atoms with Crippen LogP contribution in [0.3, 0.4) is 0 Å². The van der Waals surface area contributed by atoms with E-state index in [0.717, 1.165) is 88.0 Å². The first kappa shape index (κ1) is 25.6. The van der Waals surface area contributed by atoms with Gasteiger partial charge in [-0.1, -0.05) is 127 Å². The molecule has 222 valence electrons. The fraction of sp³-hybridized carbons (Fsp3) is 0. The van der Waals surface area contributed by atoms with Crippen LogP contribution in [-0.4, -0.2) is 9.97 Å². The first-order valence-corrected chi connectivity index (χ1v) is 16.3. The van der Waals surface area contributed by atoms with Crippen molar-refractivity contribution in [2.75, 3.05) is 4.90 Å². The Morgan fingerprint density at radius 1 is 0.458 bits per heavy atom. The van der Waals surface area contributed by atoms with Crippen LogP contribution in [0, 0.1) is 0 Å². The number of furan rings is 1. The third kappa shape index (κ3) is 3.43. The third-order valence-corrected chi connectivity index (χ3v) is 9.97. The largest absolute Gasteiger partial charge is 0.454 e. The zero-order valence-electron chi connectivity index (χ0n) is 25.7. The molecule has 0 fully saturated rings. The quantitative estimate of drug-likeness (QED) is 0.182. The van der Waals surface area contributed by atoms with E-state index in [2.05, 4.69) is 144 Å². The maximum Gasteiger partial charge on any atom is 0.235 e. The molecule has 11 rings (SSSR count). The van der Waals surface area contributed by atoms with Crippen LogP contribution in [0.1, 0.15) is 0 Å². The second-order valence-electron chi connectivity index (χ2n) is 12.5. The van der Waals surface area contributed by atoms with Gasteiger partial charge in [-0.25, -0.2) is 9.97 Å². The fourth-order valence-electron chi connectivity index (χ4n) is 7.86. The summed E-state index contributed by atoms with van der Waals surface area (Å²) >= 11 is 0. The first-order chi connectivity index (χ1) is 23.8. The zero-order chi connectivity index (χ0) is 31.3. The minimum Gasteiger partial charge on any atom is -0.454 e. The van der Waals surface area contributed by atoms with Gasteiger partial charge in [0.1, 0.15) is 11.3 Å². The molecule has 0 bridgehead atoms. The van der Waals surface area contributed by atoms with Crippen LogP contribution in [0.4, 0.5) is 17.3 Å². The molecular formula is C44H25N3O.